The summed E-state index contributed by atoms with van der Waals surface area (Å²) in [6.07, 6.45) is -0.462. The number of carbonyl (C=O) groups excluding carboxylic acids is 3. The fraction of sp³-hybridized carbons (Fsp3) is 0.421. The number of amides is 2. The lowest BCUT2D eigenvalue weighted by Gasteiger charge is -2.29. The van der Waals surface area contributed by atoms with E-state index in [1.54, 1.807) is 31.2 Å². The van der Waals surface area contributed by atoms with Crippen molar-refractivity contribution in [2.45, 2.75) is 32.4 Å². The van der Waals surface area contributed by atoms with Crippen molar-refractivity contribution in [3.05, 3.63) is 35.5 Å². The van der Waals surface area contributed by atoms with Gasteiger partial charge in [0.05, 0.1) is 23.9 Å². The number of esters is 2. The van der Waals surface area contributed by atoms with Crippen LogP contribution < -0.4 is 20.1 Å². The van der Waals surface area contributed by atoms with Crippen LogP contribution in [0, 0.1) is 0 Å². The van der Waals surface area contributed by atoms with Crippen LogP contribution in [0.4, 0.5) is 4.79 Å². The van der Waals surface area contributed by atoms with Crippen LogP contribution in [-0.4, -0.2) is 49.9 Å². The average Bonchev–Trinajstić information content (AvgIpc) is 2.71. The van der Waals surface area contributed by atoms with Gasteiger partial charge in [0.25, 0.3) is 0 Å². The summed E-state index contributed by atoms with van der Waals surface area (Å²) < 4.78 is 21.5. The van der Waals surface area contributed by atoms with Crippen LogP contribution in [-0.2, 0) is 19.1 Å². The van der Waals surface area contributed by atoms with E-state index in [-0.39, 0.29) is 31.1 Å². The molecule has 0 unspecified atom stereocenters. The second kappa shape index (κ2) is 8.64. The second-order valence-corrected chi connectivity index (χ2v) is 6.14. The predicted molar refractivity (Wildman–Crippen MR) is 96.7 cm³/mol. The minimum atomic E-state index is -0.944. The van der Waals surface area contributed by atoms with Gasteiger partial charge in [0.15, 0.2) is 11.5 Å². The van der Waals surface area contributed by atoms with E-state index in [2.05, 4.69) is 10.6 Å². The van der Waals surface area contributed by atoms with E-state index in [4.69, 9.17) is 18.9 Å². The van der Waals surface area contributed by atoms with Crippen molar-refractivity contribution in [1.82, 2.24) is 10.6 Å². The SMILES string of the molecule is CCOC(=O)C1=C(COC(=O)[C@@H]2COc3ccccc3O2)NC(=O)N[C@@H]1CC. The molecule has 2 aliphatic rings. The Bertz CT molecular complexity index is 805. The molecule has 0 radical (unpaired) electrons. The highest BCUT2D eigenvalue weighted by atomic mass is 16.6. The summed E-state index contributed by atoms with van der Waals surface area (Å²) in [7, 11) is 0. The van der Waals surface area contributed by atoms with Gasteiger partial charge in [-0.1, -0.05) is 19.1 Å². The van der Waals surface area contributed by atoms with Crippen LogP contribution in [0.25, 0.3) is 0 Å². The Hall–Kier alpha value is -3.23. The number of urea groups is 1. The molecule has 150 valence electrons. The zero-order valence-electron chi connectivity index (χ0n) is 15.7. The number of carbonyl (C=O) groups is 3. The molecule has 2 atom stereocenters. The first kappa shape index (κ1) is 19.5. The highest BCUT2D eigenvalue weighted by Crippen LogP contribution is 2.31. The molecule has 9 nitrogen and oxygen atoms in total. The Labute approximate surface area is 162 Å². The van der Waals surface area contributed by atoms with Gasteiger partial charge in [0.1, 0.15) is 13.2 Å². The Kier molecular flexibility index (Phi) is 6.03. The fourth-order valence-corrected chi connectivity index (χ4v) is 2.95. The van der Waals surface area contributed by atoms with E-state index in [0.29, 0.717) is 17.9 Å². The summed E-state index contributed by atoms with van der Waals surface area (Å²) in [5, 5.41) is 5.18. The van der Waals surface area contributed by atoms with Crippen molar-refractivity contribution >= 4 is 18.0 Å². The molecule has 1 aromatic rings. The van der Waals surface area contributed by atoms with E-state index >= 15 is 0 Å². The van der Waals surface area contributed by atoms with E-state index in [1.807, 2.05) is 6.92 Å². The number of hydrogen-bond acceptors (Lipinski definition) is 7. The topological polar surface area (TPSA) is 112 Å². The maximum absolute atomic E-state index is 12.4. The number of ether oxygens (including phenoxy) is 4. The standard InChI is InChI=1S/C19H22N2O7/c1-3-11-16(18(23)25-4-2)12(21-19(24)20-11)9-27-17(22)15-10-26-13-7-5-6-8-14(13)28-15/h5-8,11,15H,3-4,9-10H2,1-2H3,(H2,20,21,24)/t11-,15+/m1/s1. The van der Waals surface area contributed by atoms with Crippen LogP contribution in [0.1, 0.15) is 20.3 Å². The normalized spacial score (nSPS) is 20.7. The number of rotatable bonds is 6. The van der Waals surface area contributed by atoms with Gasteiger partial charge >= 0.3 is 18.0 Å². The lowest BCUT2D eigenvalue weighted by molar-refractivity contribution is -0.153. The van der Waals surface area contributed by atoms with E-state index in [1.165, 1.54) is 0 Å². The number of hydrogen-bond donors (Lipinski definition) is 2. The van der Waals surface area contributed by atoms with E-state index < -0.39 is 30.1 Å². The molecule has 0 fully saturated rings. The molecular weight excluding hydrogens is 368 g/mol. The fourth-order valence-electron chi connectivity index (χ4n) is 2.95. The third-order valence-electron chi connectivity index (χ3n) is 4.28. The molecule has 2 aliphatic heterocycles. The predicted octanol–water partition coefficient (Wildman–Crippen LogP) is 1.28. The first-order valence-electron chi connectivity index (χ1n) is 9.06. The molecule has 0 aliphatic carbocycles. The zero-order valence-corrected chi connectivity index (χ0v) is 15.7. The number of fused-ring (bicyclic) bond motifs is 1. The van der Waals surface area contributed by atoms with Crippen molar-refractivity contribution in [2.75, 3.05) is 19.8 Å². The Morgan fingerprint density at radius 2 is 1.93 bits per heavy atom. The van der Waals surface area contributed by atoms with Crippen molar-refractivity contribution < 1.29 is 33.3 Å². The van der Waals surface area contributed by atoms with Gasteiger partial charge in [-0.05, 0) is 25.5 Å². The monoisotopic (exact) mass is 390 g/mol. The van der Waals surface area contributed by atoms with Gasteiger partial charge in [0.2, 0.25) is 6.10 Å². The Morgan fingerprint density at radius 3 is 2.64 bits per heavy atom. The molecule has 28 heavy (non-hydrogen) atoms. The zero-order chi connectivity index (χ0) is 20.1. The molecule has 0 spiro atoms. The highest BCUT2D eigenvalue weighted by Gasteiger charge is 2.33. The van der Waals surface area contributed by atoms with Crippen LogP contribution in [0.15, 0.2) is 35.5 Å². The quantitative estimate of drug-likeness (QED) is 0.704. The summed E-state index contributed by atoms with van der Waals surface area (Å²) in [6, 6.07) is 5.99. The summed E-state index contributed by atoms with van der Waals surface area (Å²) in [5.41, 5.74) is 0.433. The summed E-state index contributed by atoms with van der Waals surface area (Å²) >= 11 is 0. The first-order chi connectivity index (χ1) is 13.5. The van der Waals surface area contributed by atoms with Crippen molar-refractivity contribution in [3.8, 4) is 11.5 Å². The van der Waals surface area contributed by atoms with Gasteiger partial charge in [-0.3, -0.25) is 0 Å². The molecular formula is C19H22N2O7. The average molecular weight is 390 g/mol. The van der Waals surface area contributed by atoms with Crippen LogP contribution >= 0.6 is 0 Å². The molecule has 2 amide bonds. The Morgan fingerprint density at radius 1 is 1.18 bits per heavy atom. The van der Waals surface area contributed by atoms with Crippen LogP contribution in [0.3, 0.4) is 0 Å². The smallest absolute Gasteiger partial charge is 0.351 e. The maximum Gasteiger partial charge on any atom is 0.351 e. The lowest BCUT2D eigenvalue weighted by Crippen LogP contribution is -2.51. The third kappa shape index (κ3) is 4.19. The molecule has 2 N–H and O–H groups in total. The Balaban J connectivity index is 1.70. The molecule has 1 aromatic carbocycles. The molecule has 0 saturated heterocycles. The molecule has 3 rings (SSSR count). The largest absolute Gasteiger partial charge is 0.485 e. The molecule has 0 bridgehead atoms. The number of para-hydroxylation sites is 2. The van der Waals surface area contributed by atoms with E-state index in [9.17, 15) is 14.4 Å². The van der Waals surface area contributed by atoms with Crippen molar-refractivity contribution in [2.24, 2.45) is 0 Å². The molecule has 2 heterocycles. The van der Waals surface area contributed by atoms with Crippen LogP contribution in [0.2, 0.25) is 0 Å². The molecule has 0 saturated carbocycles. The molecule has 9 heteroatoms. The number of benzene rings is 1. The minimum absolute atomic E-state index is 0.00509. The van der Waals surface area contributed by atoms with Crippen molar-refractivity contribution in [3.63, 3.8) is 0 Å². The first-order valence-corrected chi connectivity index (χ1v) is 9.06. The highest BCUT2D eigenvalue weighted by molar-refractivity contribution is 5.95. The minimum Gasteiger partial charge on any atom is -0.485 e. The van der Waals surface area contributed by atoms with Gasteiger partial charge in [-0.25, -0.2) is 14.4 Å². The van der Waals surface area contributed by atoms with Gasteiger partial charge < -0.3 is 29.6 Å². The van der Waals surface area contributed by atoms with Gasteiger partial charge in [0, 0.05) is 0 Å². The van der Waals surface area contributed by atoms with Gasteiger partial charge in [-0.2, -0.15) is 0 Å². The lowest BCUT2D eigenvalue weighted by atomic mass is 10.0. The third-order valence-corrected chi connectivity index (χ3v) is 4.28. The second-order valence-electron chi connectivity index (χ2n) is 6.14. The number of nitrogens with one attached hydrogen (secondary N) is 2. The van der Waals surface area contributed by atoms with E-state index in [0.717, 1.165) is 0 Å². The summed E-state index contributed by atoms with van der Waals surface area (Å²) in [6.45, 7) is 3.41. The maximum atomic E-state index is 12.4. The summed E-state index contributed by atoms with van der Waals surface area (Å²) in [4.78, 5) is 36.6. The van der Waals surface area contributed by atoms with Crippen molar-refractivity contribution in [1.29, 1.82) is 0 Å². The van der Waals surface area contributed by atoms with Crippen LogP contribution in [0.5, 0.6) is 11.5 Å². The summed E-state index contributed by atoms with van der Waals surface area (Å²) in [5.74, 6) is -0.233. The molecule has 0 aromatic heterocycles. The van der Waals surface area contributed by atoms with Gasteiger partial charge in [-0.15, -0.1) is 0 Å².